The molecule has 2 amide bonds. The summed E-state index contributed by atoms with van der Waals surface area (Å²) < 4.78 is 32.2. The number of anilines is 1. The van der Waals surface area contributed by atoms with Crippen molar-refractivity contribution in [3.63, 3.8) is 0 Å². The number of benzene rings is 1. The maximum atomic E-state index is 12.5. The third-order valence-electron chi connectivity index (χ3n) is 6.43. The summed E-state index contributed by atoms with van der Waals surface area (Å²) in [6.07, 6.45) is 9.57. The van der Waals surface area contributed by atoms with Gasteiger partial charge in [0.1, 0.15) is 0 Å². The highest BCUT2D eigenvalue weighted by molar-refractivity contribution is 7.92. The fourth-order valence-electron chi connectivity index (χ4n) is 4.88. The molecule has 7 nitrogen and oxygen atoms in total. The summed E-state index contributed by atoms with van der Waals surface area (Å²) in [5, 5.41) is 3.95. The van der Waals surface area contributed by atoms with E-state index in [1.165, 1.54) is 22.3 Å². The first-order valence-electron chi connectivity index (χ1n) is 10.9. The number of ether oxygens (including phenoxy) is 1. The van der Waals surface area contributed by atoms with Gasteiger partial charge < -0.3 is 10.1 Å². The van der Waals surface area contributed by atoms with Crippen molar-refractivity contribution in [2.45, 2.75) is 57.4 Å². The first-order valence-corrected chi connectivity index (χ1v) is 12.4. The highest BCUT2D eigenvalue weighted by Gasteiger charge is 2.25. The van der Waals surface area contributed by atoms with Crippen molar-refractivity contribution in [3.8, 4) is 0 Å². The van der Waals surface area contributed by atoms with Crippen molar-refractivity contribution in [2.75, 3.05) is 32.1 Å². The lowest BCUT2D eigenvalue weighted by molar-refractivity contribution is 0.0465. The molecule has 1 aromatic rings. The zero-order chi connectivity index (χ0) is 21.1. The third-order valence-corrected chi connectivity index (χ3v) is 7.45. The molecule has 1 heterocycles. The summed E-state index contributed by atoms with van der Waals surface area (Å²) >= 11 is 0. The van der Waals surface area contributed by atoms with Crippen LogP contribution in [0.1, 0.15) is 47.9 Å². The average molecular weight is 434 g/mol. The van der Waals surface area contributed by atoms with Crippen LogP contribution < -0.4 is 10.0 Å². The predicted octanol–water partition coefficient (Wildman–Crippen LogP) is 2.74. The number of sulfonamides is 1. The zero-order valence-electron chi connectivity index (χ0n) is 17.6. The van der Waals surface area contributed by atoms with E-state index in [0.29, 0.717) is 12.6 Å². The molecule has 0 saturated carbocycles. The Hall–Kier alpha value is -1.90. The summed E-state index contributed by atoms with van der Waals surface area (Å²) in [6.45, 7) is 1.99. The molecule has 1 fully saturated rings. The third kappa shape index (κ3) is 4.87. The summed E-state index contributed by atoms with van der Waals surface area (Å²) in [7, 11) is -1.87. The predicted molar refractivity (Wildman–Crippen MR) is 117 cm³/mol. The second-order valence-electron chi connectivity index (χ2n) is 8.49. The van der Waals surface area contributed by atoms with E-state index in [2.05, 4.69) is 21.0 Å². The number of hydrogen-bond acceptors (Lipinski definition) is 5. The van der Waals surface area contributed by atoms with E-state index in [4.69, 9.17) is 4.74 Å². The molecule has 30 heavy (non-hydrogen) atoms. The highest BCUT2D eigenvalue weighted by Crippen LogP contribution is 2.38. The number of carbonyl (C=O) groups is 1. The minimum absolute atomic E-state index is 0.393. The molecule has 0 unspecified atom stereocenters. The molecule has 0 spiro atoms. The van der Waals surface area contributed by atoms with E-state index in [0.717, 1.165) is 75.7 Å². The number of urea groups is 1. The van der Waals surface area contributed by atoms with Gasteiger partial charge in [0.25, 0.3) is 10.0 Å². The molecule has 0 aromatic heterocycles. The van der Waals surface area contributed by atoms with Crippen molar-refractivity contribution >= 4 is 21.7 Å². The normalized spacial score (nSPS) is 19.3. The van der Waals surface area contributed by atoms with Crippen molar-refractivity contribution in [3.05, 3.63) is 39.8 Å². The van der Waals surface area contributed by atoms with Gasteiger partial charge in [0.05, 0.1) is 0 Å². The molecule has 4 rings (SSSR count). The number of nitrogens with zero attached hydrogens (tertiary/aromatic N) is 1. The Morgan fingerprint density at radius 1 is 1.13 bits per heavy atom. The molecule has 0 bridgehead atoms. The van der Waals surface area contributed by atoms with E-state index < -0.39 is 16.1 Å². The molecule has 1 aliphatic heterocycles. The van der Waals surface area contributed by atoms with Crippen LogP contribution in [-0.4, -0.2) is 52.2 Å². The summed E-state index contributed by atoms with van der Waals surface area (Å²) in [6, 6.07) is 1.98. The molecule has 1 saturated heterocycles. The topological polar surface area (TPSA) is 87.7 Å². The van der Waals surface area contributed by atoms with Crippen molar-refractivity contribution in [2.24, 2.45) is 0 Å². The van der Waals surface area contributed by atoms with Gasteiger partial charge in [-0.3, -0.25) is 4.90 Å². The molecule has 2 N–H and O–H groups in total. The highest BCUT2D eigenvalue weighted by atomic mass is 32.2. The number of amides is 2. The maximum Gasteiger partial charge on any atom is 0.333 e. The molecule has 2 aliphatic carbocycles. The summed E-state index contributed by atoms with van der Waals surface area (Å²) in [5.41, 5.74) is 5.79. The van der Waals surface area contributed by atoms with E-state index in [9.17, 15) is 13.2 Å². The van der Waals surface area contributed by atoms with Crippen LogP contribution in [0.25, 0.3) is 0 Å². The first-order chi connectivity index (χ1) is 14.4. The number of hydrogen-bond donors (Lipinski definition) is 2. The van der Waals surface area contributed by atoms with Gasteiger partial charge in [0.15, 0.2) is 0 Å². The summed E-state index contributed by atoms with van der Waals surface area (Å²) in [4.78, 5) is 14.6. The molecule has 164 valence electrons. The number of aryl methyl sites for hydroxylation is 2. The average Bonchev–Trinajstić information content (AvgIpc) is 3.37. The minimum Gasteiger partial charge on any atom is -0.381 e. The maximum absolute atomic E-state index is 12.5. The fraction of sp³-hybridized carbons (Fsp3) is 0.591. The Bertz CT molecular complexity index is 904. The van der Waals surface area contributed by atoms with Gasteiger partial charge in [0, 0.05) is 36.9 Å². The first kappa shape index (κ1) is 21.3. The van der Waals surface area contributed by atoms with Gasteiger partial charge in [-0.25, -0.2) is 17.9 Å². The lowest BCUT2D eigenvalue weighted by Gasteiger charge is -2.30. The zero-order valence-corrected chi connectivity index (χ0v) is 18.4. The van der Waals surface area contributed by atoms with Crippen LogP contribution in [0.5, 0.6) is 0 Å². The lowest BCUT2D eigenvalue weighted by atomic mass is 9.99. The van der Waals surface area contributed by atoms with Crippen molar-refractivity contribution in [1.82, 2.24) is 9.62 Å². The van der Waals surface area contributed by atoms with Crippen LogP contribution in [0.3, 0.4) is 0 Å². The Kier molecular flexibility index (Phi) is 6.46. The molecular formula is C22H31N3O4S. The Labute approximate surface area is 178 Å². The monoisotopic (exact) mass is 433 g/mol. The van der Waals surface area contributed by atoms with Crippen LogP contribution in [0.15, 0.2) is 17.6 Å². The molecule has 8 heteroatoms. The standard InChI is InChI=1S/C22H31N3O4S/c1-25(18-9-12-29-13-10-18)11-4-14-30(27,28)24-22(26)23-21-19-7-2-5-16(19)15-17-6-3-8-20(17)21/h4,14-15,18H,2-3,5-13H2,1H3,(H2,23,24,26)/b14-4+. The minimum atomic E-state index is -3.85. The number of nitrogens with one attached hydrogen (secondary N) is 2. The second-order valence-corrected chi connectivity index (χ2v) is 10.1. The Morgan fingerprint density at radius 3 is 2.40 bits per heavy atom. The largest absolute Gasteiger partial charge is 0.381 e. The van der Waals surface area contributed by atoms with Crippen LogP contribution in [0, 0.1) is 0 Å². The SMILES string of the molecule is CN(C/C=C/S(=O)(=O)NC(=O)Nc1c2c(cc3c1CCC3)CCC2)C1CCOCC1. The molecule has 3 aliphatic rings. The second kappa shape index (κ2) is 9.08. The Morgan fingerprint density at radius 2 is 1.77 bits per heavy atom. The van der Waals surface area contributed by atoms with Gasteiger partial charge in [-0.2, -0.15) is 0 Å². The van der Waals surface area contributed by atoms with Crippen LogP contribution in [0.2, 0.25) is 0 Å². The lowest BCUT2D eigenvalue weighted by Crippen LogP contribution is -2.37. The smallest absolute Gasteiger partial charge is 0.333 e. The van der Waals surface area contributed by atoms with Gasteiger partial charge in [0.2, 0.25) is 0 Å². The molecular weight excluding hydrogens is 402 g/mol. The molecule has 0 atom stereocenters. The van der Waals surface area contributed by atoms with Crippen molar-refractivity contribution < 1.29 is 17.9 Å². The fourth-order valence-corrected chi connectivity index (χ4v) is 5.60. The van der Waals surface area contributed by atoms with Gasteiger partial charge in [-0.1, -0.05) is 12.1 Å². The van der Waals surface area contributed by atoms with Gasteiger partial charge >= 0.3 is 6.03 Å². The quantitative estimate of drug-likeness (QED) is 0.720. The van der Waals surface area contributed by atoms with E-state index in [1.54, 1.807) is 6.08 Å². The van der Waals surface area contributed by atoms with Crippen LogP contribution >= 0.6 is 0 Å². The van der Waals surface area contributed by atoms with E-state index in [1.807, 2.05) is 7.05 Å². The molecule has 1 aromatic carbocycles. The van der Waals surface area contributed by atoms with Crippen molar-refractivity contribution in [1.29, 1.82) is 0 Å². The van der Waals surface area contributed by atoms with Gasteiger partial charge in [-0.15, -0.1) is 0 Å². The number of likely N-dealkylation sites (N-methyl/N-ethyl adjacent to an activating group) is 1. The van der Waals surface area contributed by atoms with Crippen LogP contribution in [-0.2, 0) is 40.4 Å². The van der Waals surface area contributed by atoms with E-state index in [-0.39, 0.29) is 0 Å². The summed E-state index contributed by atoms with van der Waals surface area (Å²) in [5.74, 6) is 0. The van der Waals surface area contributed by atoms with E-state index >= 15 is 0 Å². The number of fused-ring (bicyclic) bond motifs is 2. The number of rotatable bonds is 6. The van der Waals surface area contributed by atoms with Crippen LogP contribution in [0.4, 0.5) is 10.5 Å². The number of carbonyl (C=O) groups excluding carboxylic acids is 1. The Balaban J connectivity index is 1.37. The van der Waals surface area contributed by atoms with Gasteiger partial charge in [-0.05, 0) is 80.7 Å². The molecule has 0 radical (unpaired) electrons.